The van der Waals surface area contributed by atoms with Crippen molar-refractivity contribution >= 4 is 11.9 Å². The van der Waals surface area contributed by atoms with E-state index in [0.717, 1.165) is 26.7 Å². The van der Waals surface area contributed by atoms with Crippen LogP contribution in [0.1, 0.15) is 105 Å². The van der Waals surface area contributed by atoms with E-state index in [0.29, 0.717) is 0 Å². The van der Waals surface area contributed by atoms with Gasteiger partial charge in [0.05, 0.1) is 0 Å². The molecule has 0 aliphatic carbocycles. The van der Waals surface area contributed by atoms with Crippen molar-refractivity contribution in [3.63, 3.8) is 0 Å². The van der Waals surface area contributed by atoms with Crippen LogP contribution in [0.25, 0.3) is 0 Å². The second-order valence-corrected chi connectivity index (χ2v) is 5.57. The predicted octanol–water partition coefficient (Wildman–Crippen LogP) is 6.54. The first kappa shape index (κ1) is 35.6. The van der Waals surface area contributed by atoms with Crippen molar-refractivity contribution in [3.05, 3.63) is 13.8 Å². The topological polar surface area (TPSA) is 74.6 Å². The zero-order valence-corrected chi connectivity index (χ0v) is 20.3. The van der Waals surface area contributed by atoms with Crippen LogP contribution in [0.15, 0.2) is 0 Å². The number of carboxylic acid groups (broad SMARTS) is 2. The Hall–Kier alpha value is -0.437. The van der Waals surface area contributed by atoms with Gasteiger partial charge in [0, 0.05) is 13.8 Å². The van der Waals surface area contributed by atoms with Crippen molar-refractivity contribution in [3.8, 4) is 0 Å². The standard InChI is InChI=1S/2C8H17.2C2H4O2.Zn/c2*1-3-5-7-8-6-4-2;2*1-2(3)4;/h2*1,3-8H2,2H3;2*1H3,(H,3,4);/q2*-1;;;+2. The summed E-state index contributed by atoms with van der Waals surface area (Å²) >= 11 is 0. The second-order valence-electron chi connectivity index (χ2n) is 5.57. The van der Waals surface area contributed by atoms with Crippen LogP contribution in [0.4, 0.5) is 0 Å². The van der Waals surface area contributed by atoms with Crippen LogP contribution in [0.5, 0.6) is 0 Å². The van der Waals surface area contributed by atoms with Crippen molar-refractivity contribution in [1.82, 2.24) is 0 Å². The molecular weight excluding hydrogens is 370 g/mol. The molecule has 0 amide bonds. The monoisotopic (exact) mass is 410 g/mol. The van der Waals surface area contributed by atoms with Crippen LogP contribution in [-0.2, 0) is 29.1 Å². The Balaban J connectivity index is -0.0000000739. The van der Waals surface area contributed by atoms with E-state index < -0.39 is 11.9 Å². The number of aliphatic carboxylic acids is 2. The van der Waals surface area contributed by atoms with Gasteiger partial charge in [-0.15, -0.1) is 0 Å². The first-order valence-electron chi connectivity index (χ1n) is 9.27. The Bertz CT molecular complexity index is 190. The van der Waals surface area contributed by atoms with E-state index in [4.69, 9.17) is 19.8 Å². The van der Waals surface area contributed by atoms with Gasteiger partial charge in [-0.3, -0.25) is 9.59 Å². The molecule has 0 radical (unpaired) electrons. The van der Waals surface area contributed by atoms with Crippen molar-refractivity contribution in [2.75, 3.05) is 0 Å². The normalized spacial score (nSPS) is 8.24. The quantitative estimate of drug-likeness (QED) is 0.243. The molecule has 0 bridgehead atoms. The zero-order chi connectivity index (χ0) is 19.6. The van der Waals surface area contributed by atoms with Gasteiger partial charge in [0.1, 0.15) is 0 Å². The summed E-state index contributed by atoms with van der Waals surface area (Å²) in [6, 6.07) is 0. The molecule has 0 aromatic rings. The molecule has 0 aromatic heterocycles. The van der Waals surface area contributed by atoms with Crippen molar-refractivity contribution in [1.29, 1.82) is 0 Å². The zero-order valence-electron chi connectivity index (χ0n) is 17.3. The maximum absolute atomic E-state index is 9.00. The van der Waals surface area contributed by atoms with Crippen molar-refractivity contribution in [2.24, 2.45) is 0 Å². The maximum atomic E-state index is 9.00. The minimum atomic E-state index is -0.833. The van der Waals surface area contributed by atoms with Gasteiger partial charge >= 0.3 is 19.5 Å². The maximum Gasteiger partial charge on any atom is 2.00 e. The Morgan fingerprint density at radius 1 is 0.640 bits per heavy atom. The number of hydrogen-bond donors (Lipinski definition) is 2. The molecule has 2 N–H and O–H groups in total. The number of rotatable bonds is 10. The molecule has 25 heavy (non-hydrogen) atoms. The minimum absolute atomic E-state index is 0. The minimum Gasteiger partial charge on any atom is -0.481 e. The van der Waals surface area contributed by atoms with Crippen LogP contribution < -0.4 is 0 Å². The fourth-order valence-corrected chi connectivity index (χ4v) is 1.56. The number of hydrogen-bond acceptors (Lipinski definition) is 2. The van der Waals surface area contributed by atoms with Gasteiger partial charge in [0.2, 0.25) is 0 Å². The second kappa shape index (κ2) is 38.9. The number of carboxylic acids is 2. The third kappa shape index (κ3) is 120. The molecule has 0 aliphatic heterocycles. The Kier molecular flexibility index (Phi) is 55.4. The Labute approximate surface area is 169 Å². The molecule has 0 heterocycles. The van der Waals surface area contributed by atoms with E-state index in [2.05, 4.69) is 27.7 Å². The van der Waals surface area contributed by atoms with Crippen molar-refractivity contribution < 1.29 is 39.3 Å². The largest absolute Gasteiger partial charge is 2.00 e. The van der Waals surface area contributed by atoms with Gasteiger partial charge in [-0.2, -0.15) is 12.8 Å². The summed E-state index contributed by atoms with van der Waals surface area (Å²) in [5.41, 5.74) is 0. The molecule has 148 valence electrons. The Morgan fingerprint density at radius 3 is 1.00 bits per heavy atom. The molecule has 0 saturated heterocycles. The summed E-state index contributed by atoms with van der Waals surface area (Å²) in [4.78, 5) is 18.0. The average molecular weight is 412 g/mol. The summed E-state index contributed by atoms with van der Waals surface area (Å²) in [6.45, 7) is 14.2. The summed E-state index contributed by atoms with van der Waals surface area (Å²) in [6.07, 6.45) is 16.0. The summed E-state index contributed by atoms with van der Waals surface area (Å²) < 4.78 is 0. The molecule has 0 unspecified atom stereocenters. The van der Waals surface area contributed by atoms with Crippen LogP contribution in [0.3, 0.4) is 0 Å². The van der Waals surface area contributed by atoms with E-state index in [1.807, 2.05) is 0 Å². The fourth-order valence-electron chi connectivity index (χ4n) is 1.56. The summed E-state index contributed by atoms with van der Waals surface area (Å²) in [7, 11) is 0. The number of unbranched alkanes of at least 4 members (excludes halogenated alkanes) is 10. The molecule has 0 fully saturated rings. The summed E-state index contributed by atoms with van der Waals surface area (Å²) in [5.74, 6) is -1.67. The smallest absolute Gasteiger partial charge is 0.481 e. The van der Waals surface area contributed by atoms with Crippen LogP contribution >= 0.6 is 0 Å². The van der Waals surface area contributed by atoms with Gasteiger partial charge in [-0.05, 0) is 0 Å². The van der Waals surface area contributed by atoms with Gasteiger partial charge in [-0.25, -0.2) is 0 Å². The average Bonchev–Trinajstić information content (AvgIpc) is 2.48. The van der Waals surface area contributed by atoms with E-state index in [-0.39, 0.29) is 19.5 Å². The van der Waals surface area contributed by atoms with E-state index >= 15 is 0 Å². The third-order valence-electron chi connectivity index (χ3n) is 2.71. The molecule has 0 aliphatic rings. The number of carbonyl (C=O) groups is 2. The van der Waals surface area contributed by atoms with Gasteiger partial charge in [0.25, 0.3) is 11.9 Å². The fraction of sp³-hybridized carbons (Fsp3) is 0.800. The third-order valence-corrected chi connectivity index (χ3v) is 2.71. The van der Waals surface area contributed by atoms with Crippen LogP contribution in [-0.4, -0.2) is 22.2 Å². The van der Waals surface area contributed by atoms with Crippen LogP contribution in [0.2, 0.25) is 0 Å². The van der Waals surface area contributed by atoms with Gasteiger partial charge in [0.15, 0.2) is 0 Å². The molecular formula is C20H42O4Zn. The Morgan fingerprint density at radius 2 is 0.840 bits per heavy atom. The molecule has 0 rings (SSSR count). The molecule has 0 aromatic carbocycles. The van der Waals surface area contributed by atoms with Crippen molar-refractivity contribution in [2.45, 2.75) is 105 Å². The van der Waals surface area contributed by atoms with E-state index in [1.54, 1.807) is 0 Å². The summed E-state index contributed by atoms with van der Waals surface area (Å²) in [5, 5.41) is 14.8. The van der Waals surface area contributed by atoms with Gasteiger partial charge < -0.3 is 24.1 Å². The van der Waals surface area contributed by atoms with E-state index in [1.165, 1.54) is 64.2 Å². The molecule has 0 atom stereocenters. The molecule has 5 heteroatoms. The van der Waals surface area contributed by atoms with Gasteiger partial charge in [-0.1, -0.05) is 78.1 Å². The molecule has 0 saturated carbocycles. The molecule has 4 nitrogen and oxygen atoms in total. The first-order chi connectivity index (χ1) is 11.3. The molecule has 0 spiro atoms. The SMILES string of the molecule is CC(=O)O.CC(=O)O.[CH2-]CCCCCCC.[CH2-]CCCCCCC.[Zn+2]. The first-order valence-corrected chi connectivity index (χ1v) is 9.27. The van der Waals surface area contributed by atoms with E-state index in [9.17, 15) is 0 Å². The van der Waals surface area contributed by atoms with Crippen LogP contribution in [0, 0.1) is 13.8 Å². The predicted molar refractivity (Wildman–Crippen MR) is 104 cm³/mol.